The summed E-state index contributed by atoms with van der Waals surface area (Å²) in [4.78, 5) is 34.0. The van der Waals surface area contributed by atoms with Crippen LogP contribution in [0.2, 0.25) is 0 Å². The molecular formula is C26H27FN6O3. The SMILES string of the molecule is CN(C)c1ccc(-n2ncc3c(=O)n(CC4(O)CCN(C(=O)c5ccc(F)cc5)CC4)cnc32)cc1. The number of halogens is 1. The molecule has 0 bridgehead atoms. The van der Waals surface area contributed by atoms with Crippen LogP contribution in [-0.4, -0.2) is 68.0 Å². The Morgan fingerprint density at radius 3 is 2.39 bits per heavy atom. The molecular weight excluding hydrogens is 463 g/mol. The van der Waals surface area contributed by atoms with Gasteiger partial charge in [-0.25, -0.2) is 14.1 Å². The zero-order valence-corrected chi connectivity index (χ0v) is 20.1. The van der Waals surface area contributed by atoms with E-state index in [0.29, 0.717) is 42.5 Å². The molecule has 0 aliphatic carbocycles. The number of rotatable bonds is 5. The van der Waals surface area contributed by atoms with Crippen molar-refractivity contribution in [2.75, 3.05) is 32.1 Å². The third-order valence-corrected chi connectivity index (χ3v) is 6.70. The molecule has 4 aromatic rings. The van der Waals surface area contributed by atoms with E-state index in [4.69, 9.17) is 0 Å². The number of nitrogens with zero attached hydrogens (tertiary/aromatic N) is 6. The molecule has 1 saturated heterocycles. The fourth-order valence-corrected chi connectivity index (χ4v) is 4.52. The molecule has 0 radical (unpaired) electrons. The summed E-state index contributed by atoms with van der Waals surface area (Å²) in [5.74, 6) is -0.605. The Kier molecular flexibility index (Phi) is 6.05. The molecule has 1 amide bonds. The lowest BCUT2D eigenvalue weighted by atomic mass is 9.91. The second-order valence-electron chi connectivity index (χ2n) is 9.41. The first-order valence-electron chi connectivity index (χ1n) is 11.7. The lowest BCUT2D eigenvalue weighted by Gasteiger charge is -2.38. The Morgan fingerprint density at radius 1 is 1.08 bits per heavy atom. The van der Waals surface area contributed by atoms with E-state index in [-0.39, 0.29) is 18.0 Å². The largest absolute Gasteiger partial charge is 0.388 e. The molecule has 9 nitrogen and oxygen atoms in total. The van der Waals surface area contributed by atoms with E-state index in [2.05, 4.69) is 10.1 Å². The van der Waals surface area contributed by atoms with Crippen molar-refractivity contribution in [3.63, 3.8) is 0 Å². The minimum absolute atomic E-state index is 0.0655. The van der Waals surface area contributed by atoms with Crippen molar-refractivity contribution in [3.05, 3.63) is 82.8 Å². The Labute approximate surface area is 207 Å². The molecule has 5 rings (SSSR count). The average Bonchev–Trinajstić information content (AvgIpc) is 3.31. The van der Waals surface area contributed by atoms with Gasteiger partial charge in [0.25, 0.3) is 11.5 Å². The summed E-state index contributed by atoms with van der Waals surface area (Å²) in [5.41, 5.74) is 1.24. The number of benzene rings is 2. The van der Waals surface area contributed by atoms with Gasteiger partial charge >= 0.3 is 0 Å². The van der Waals surface area contributed by atoms with Gasteiger partial charge in [0, 0.05) is 38.4 Å². The number of fused-ring (bicyclic) bond motifs is 1. The molecule has 1 N–H and O–H groups in total. The number of aromatic nitrogens is 4. The van der Waals surface area contributed by atoms with Crippen LogP contribution in [0.4, 0.5) is 10.1 Å². The maximum absolute atomic E-state index is 13.2. The maximum atomic E-state index is 13.2. The predicted octanol–water partition coefficient (Wildman–Crippen LogP) is 2.45. The number of anilines is 1. The highest BCUT2D eigenvalue weighted by molar-refractivity contribution is 5.94. The first kappa shape index (κ1) is 23.7. The molecule has 2 aromatic heterocycles. The number of hydrogen-bond donors (Lipinski definition) is 1. The van der Waals surface area contributed by atoms with Crippen LogP contribution in [0.15, 0.2) is 65.8 Å². The standard InChI is InChI=1S/C26H27FN6O3/c1-30(2)20-7-9-21(10-8-20)33-23-22(15-29-33)25(35)32(17-28-23)16-26(36)11-13-31(14-12-26)24(34)18-3-5-19(27)6-4-18/h3-10,15,17,36H,11-14,16H2,1-2H3. The van der Waals surface area contributed by atoms with Crippen molar-refractivity contribution in [3.8, 4) is 5.69 Å². The van der Waals surface area contributed by atoms with Crippen molar-refractivity contribution in [1.82, 2.24) is 24.2 Å². The lowest BCUT2D eigenvalue weighted by molar-refractivity contribution is -0.0299. The van der Waals surface area contributed by atoms with Crippen molar-refractivity contribution >= 4 is 22.6 Å². The summed E-state index contributed by atoms with van der Waals surface area (Å²) in [6.07, 6.45) is 3.55. The van der Waals surface area contributed by atoms with Crippen LogP contribution in [0.5, 0.6) is 0 Å². The maximum Gasteiger partial charge on any atom is 0.264 e. The topological polar surface area (TPSA) is 96.5 Å². The number of likely N-dealkylation sites (tertiary alicyclic amines) is 1. The number of carbonyl (C=O) groups excluding carboxylic acids is 1. The van der Waals surface area contributed by atoms with Gasteiger partial charge in [0.1, 0.15) is 17.5 Å². The highest BCUT2D eigenvalue weighted by Gasteiger charge is 2.35. The van der Waals surface area contributed by atoms with Crippen LogP contribution >= 0.6 is 0 Å². The first-order valence-corrected chi connectivity index (χ1v) is 11.7. The molecule has 0 unspecified atom stereocenters. The molecule has 1 aliphatic heterocycles. The van der Waals surface area contributed by atoms with E-state index >= 15 is 0 Å². The second kappa shape index (κ2) is 9.19. The smallest absolute Gasteiger partial charge is 0.264 e. The second-order valence-corrected chi connectivity index (χ2v) is 9.41. The molecule has 0 saturated carbocycles. The van der Waals surface area contributed by atoms with E-state index in [9.17, 15) is 19.1 Å². The van der Waals surface area contributed by atoms with E-state index < -0.39 is 11.4 Å². The van der Waals surface area contributed by atoms with Gasteiger partial charge in [-0.15, -0.1) is 0 Å². The monoisotopic (exact) mass is 490 g/mol. The fourth-order valence-electron chi connectivity index (χ4n) is 4.52. The van der Waals surface area contributed by atoms with Crippen molar-refractivity contribution in [2.24, 2.45) is 0 Å². The van der Waals surface area contributed by atoms with Crippen molar-refractivity contribution < 1.29 is 14.3 Å². The van der Waals surface area contributed by atoms with Gasteiger partial charge in [0.05, 0.1) is 24.0 Å². The number of hydrogen-bond acceptors (Lipinski definition) is 6. The van der Waals surface area contributed by atoms with E-state index in [0.717, 1.165) is 11.4 Å². The Hall–Kier alpha value is -4.05. The van der Waals surface area contributed by atoms with Gasteiger partial charge in [-0.1, -0.05) is 0 Å². The van der Waals surface area contributed by atoms with Crippen molar-refractivity contribution in [2.45, 2.75) is 25.0 Å². The van der Waals surface area contributed by atoms with E-state index in [1.54, 1.807) is 9.58 Å². The highest BCUT2D eigenvalue weighted by atomic mass is 19.1. The average molecular weight is 491 g/mol. The van der Waals surface area contributed by atoms with Crippen molar-refractivity contribution in [1.29, 1.82) is 0 Å². The summed E-state index contributed by atoms with van der Waals surface area (Å²) in [7, 11) is 3.92. The van der Waals surface area contributed by atoms with Gasteiger partial charge < -0.3 is 14.9 Å². The normalized spacial score (nSPS) is 15.3. The van der Waals surface area contributed by atoms with Gasteiger partial charge in [-0.2, -0.15) is 5.10 Å². The summed E-state index contributed by atoms with van der Waals surface area (Å²) >= 11 is 0. The quantitative estimate of drug-likeness (QED) is 0.462. The van der Waals surface area contributed by atoms with Gasteiger partial charge in [0.2, 0.25) is 0 Å². The summed E-state index contributed by atoms with van der Waals surface area (Å²) in [6.45, 7) is 0.728. The molecule has 36 heavy (non-hydrogen) atoms. The number of aliphatic hydroxyl groups is 1. The molecule has 1 aliphatic rings. The number of carbonyl (C=O) groups is 1. The molecule has 1 fully saturated rings. The Bertz CT molecular complexity index is 1450. The zero-order chi connectivity index (χ0) is 25.4. The van der Waals surface area contributed by atoms with Crippen LogP contribution in [0.1, 0.15) is 23.2 Å². The number of piperidine rings is 1. The molecule has 0 atom stereocenters. The third kappa shape index (κ3) is 4.47. The van der Waals surface area contributed by atoms with E-state index in [1.165, 1.54) is 41.4 Å². The zero-order valence-electron chi connectivity index (χ0n) is 20.1. The summed E-state index contributed by atoms with van der Waals surface area (Å²) < 4.78 is 16.2. The summed E-state index contributed by atoms with van der Waals surface area (Å²) in [5, 5.41) is 15.9. The van der Waals surface area contributed by atoms with Gasteiger partial charge in [-0.3, -0.25) is 14.2 Å². The Morgan fingerprint density at radius 2 is 1.75 bits per heavy atom. The van der Waals surface area contributed by atoms with Crippen LogP contribution in [0.25, 0.3) is 16.7 Å². The van der Waals surface area contributed by atoms with E-state index in [1.807, 2.05) is 43.3 Å². The lowest BCUT2D eigenvalue weighted by Crippen LogP contribution is -2.49. The predicted molar refractivity (Wildman–Crippen MR) is 134 cm³/mol. The Balaban J connectivity index is 1.31. The molecule has 3 heterocycles. The first-order chi connectivity index (χ1) is 17.2. The third-order valence-electron chi connectivity index (χ3n) is 6.70. The molecule has 2 aromatic carbocycles. The molecule has 10 heteroatoms. The highest BCUT2D eigenvalue weighted by Crippen LogP contribution is 2.25. The van der Waals surface area contributed by atoms with Crippen LogP contribution in [0, 0.1) is 5.82 Å². The number of amides is 1. The van der Waals surface area contributed by atoms with Gasteiger partial charge in [-0.05, 0) is 61.4 Å². The van der Waals surface area contributed by atoms with Crippen LogP contribution in [0.3, 0.4) is 0 Å². The van der Waals surface area contributed by atoms with Crippen LogP contribution in [-0.2, 0) is 6.54 Å². The molecule has 0 spiro atoms. The minimum atomic E-state index is -1.16. The summed E-state index contributed by atoms with van der Waals surface area (Å²) in [6, 6.07) is 13.2. The minimum Gasteiger partial charge on any atom is -0.388 e. The molecule has 186 valence electrons. The van der Waals surface area contributed by atoms with Crippen LogP contribution < -0.4 is 10.5 Å². The fraction of sp³-hybridized carbons (Fsp3) is 0.308. The van der Waals surface area contributed by atoms with Gasteiger partial charge in [0.15, 0.2) is 5.65 Å².